The van der Waals surface area contributed by atoms with Crippen molar-refractivity contribution in [3.05, 3.63) is 23.0 Å². The summed E-state index contributed by atoms with van der Waals surface area (Å²) in [6, 6.07) is 1.35. The van der Waals surface area contributed by atoms with Crippen molar-refractivity contribution < 1.29 is 19.1 Å². The molecule has 0 fully saturated rings. The molecular formula is C15H20N4O4. The second-order valence-electron chi connectivity index (χ2n) is 5.17. The molecule has 124 valence electrons. The Morgan fingerprint density at radius 3 is 2.22 bits per heavy atom. The van der Waals surface area contributed by atoms with Gasteiger partial charge in [0.05, 0.1) is 13.2 Å². The van der Waals surface area contributed by atoms with Crippen molar-refractivity contribution in [3.8, 4) is 0 Å². The summed E-state index contributed by atoms with van der Waals surface area (Å²) >= 11 is 0. The number of nitrogens with zero attached hydrogens (tertiary/aromatic N) is 3. The smallest absolute Gasteiger partial charge is 0.342 e. The third-order valence-electron chi connectivity index (χ3n) is 3.24. The molecule has 0 aromatic carbocycles. The summed E-state index contributed by atoms with van der Waals surface area (Å²) in [6.07, 6.45) is 0. The fraction of sp³-hybridized carbons (Fsp3) is 0.467. The Morgan fingerprint density at radius 2 is 1.70 bits per heavy atom. The molecule has 8 nitrogen and oxygen atoms in total. The van der Waals surface area contributed by atoms with Crippen LogP contribution in [0.4, 0.5) is 5.82 Å². The molecule has 0 spiro atoms. The van der Waals surface area contributed by atoms with Crippen molar-refractivity contribution in [2.45, 2.75) is 33.6 Å². The van der Waals surface area contributed by atoms with Crippen LogP contribution in [-0.4, -0.2) is 39.8 Å². The maximum Gasteiger partial charge on any atom is 0.342 e. The second kappa shape index (κ2) is 6.64. The number of nitrogen functional groups attached to an aromatic ring is 1. The van der Waals surface area contributed by atoms with Gasteiger partial charge in [0.2, 0.25) is 0 Å². The van der Waals surface area contributed by atoms with Crippen molar-refractivity contribution >= 4 is 23.4 Å². The molecule has 2 heterocycles. The standard InChI is InChI=1S/C15H20N4O4/c1-5-22-14(20)9-7-10(15(21)23-6-2)13-18-17-12(8(3)4)19(13)11(9)16/h7-8H,5-6,16H2,1-4H3. The Bertz CT molecular complexity index is 752. The van der Waals surface area contributed by atoms with Gasteiger partial charge in [-0.25, -0.2) is 9.59 Å². The molecule has 0 aliphatic carbocycles. The fourth-order valence-corrected chi connectivity index (χ4v) is 2.22. The van der Waals surface area contributed by atoms with Crippen LogP contribution >= 0.6 is 0 Å². The highest BCUT2D eigenvalue weighted by atomic mass is 16.5. The van der Waals surface area contributed by atoms with E-state index < -0.39 is 11.9 Å². The average Bonchev–Trinajstić information content (AvgIpc) is 2.93. The molecule has 0 aliphatic rings. The summed E-state index contributed by atoms with van der Waals surface area (Å²) in [4.78, 5) is 24.3. The van der Waals surface area contributed by atoms with E-state index in [4.69, 9.17) is 15.2 Å². The van der Waals surface area contributed by atoms with E-state index in [0.717, 1.165) is 0 Å². The molecule has 0 saturated carbocycles. The number of hydrogen-bond acceptors (Lipinski definition) is 7. The molecule has 0 unspecified atom stereocenters. The van der Waals surface area contributed by atoms with Crippen molar-refractivity contribution in [1.29, 1.82) is 0 Å². The number of nitrogens with two attached hydrogens (primary N) is 1. The van der Waals surface area contributed by atoms with Crippen LogP contribution in [0.15, 0.2) is 6.07 Å². The van der Waals surface area contributed by atoms with E-state index in [9.17, 15) is 9.59 Å². The predicted molar refractivity (Wildman–Crippen MR) is 83.4 cm³/mol. The number of fused-ring (bicyclic) bond motifs is 1. The normalized spacial score (nSPS) is 11.0. The van der Waals surface area contributed by atoms with Crippen LogP contribution in [-0.2, 0) is 9.47 Å². The average molecular weight is 320 g/mol. The highest BCUT2D eigenvalue weighted by molar-refractivity contribution is 6.02. The van der Waals surface area contributed by atoms with Gasteiger partial charge >= 0.3 is 11.9 Å². The molecular weight excluding hydrogens is 300 g/mol. The number of pyridine rings is 1. The van der Waals surface area contributed by atoms with Gasteiger partial charge in [0.1, 0.15) is 22.8 Å². The molecule has 0 saturated heterocycles. The van der Waals surface area contributed by atoms with Crippen LogP contribution in [0.5, 0.6) is 0 Å². The molecule has 2 aromatic heterocycles. The quantitative estimate of drug-likeness (QED) is 0.836. The minimum absolute atomic E-state index is 0.000193. The van der Waals surface area contributed by atoms with E-state index >= 15 is 0 Å². The zero-order valence-electron chi connectivity index (χ0n) is 13.6. The van der Waals surface area contributed by atoms with Crippen LogP contribution in [0.3, 0.4) is 0 Å². The summed E-state index contributed by atoms with van der Waals surface area (Å²) in [5.41, 5.74) is 6.58. The van der Waals surface area contributed by atoms with Crippen LogP contribution in [0.25, 0.3) is 5.65 Å². The predicted octanol–water partition coefficient (Wildman–Crippen LogP) is 1.79. The first-order valence-corrected chi connectivity index (χ1v) is 7.44. The number of esters is 2. The maximum absolute atomic E-state index is 12.2. The monoisotopic (exact) mass is 320 g/mol. The van der Waals surface area contributed by atoms with Crippen LogP contribution < -0.4 is 5.73 Å². The number of aromatic nitrogens is 3. The van der Waals surface area contributed by atoms with Gasteiger partial charge in [0.15, 0.2) is 5.65 Å². The van der Waals surface area contributed by atoms with Gasteiger partial charge in [-0.1, -0.05) is 13.8 Å². The third kappa shape index (κ3) is 2.96. The Hall–Kier alpha value is -2.64. The second-order valence-corrected chi connectivity index (χ2v) is 5.17. The molecule has 0 radical (unpaired) electrons. The van der Waals surface area contributed by atoms with E-state index in [2.05, 4.69) is 10.2 Å². The Balaban J connectivity index is 2.77. The zero-order valence-corrected chi connectivity index (χ0v) is 13.6. The van der Waals surface area contributed by atoms with E-state index in [1.807, 2.05) is 13.8 Å². The number of anilines is 1. The molecule has 8 heteroatoms. The van der Waals surface area contributed by atoms with Gasteiger partial charge in [-0.2, -0.15) is 0 Å². The molecule has 2 aromatic rings. The number of hydrogen-bond donors (Lipinski definition) is 1. The fourth-order valence-electron chi connectivity index (χ4n) is 2.22. The van der Waals surface area contributed by atoms with Crippen molar-refractivity contribution in [3.63, 3.8) is 0 Å². The SMILES string of the molecule is CCOC(=O)c1cc(C(=O)OCC)c2nnc(C(C)C)n2c1N. The third-order valence-corrected chi connectivity index (χ3v) is 3.24. The van der Waals surface area contributed by atoms with Crippen molar-refractivity contribution in [1.82, 2.24) is 14.6 Å². The Labute approximate surface area is 133 Å². The first-order valence-electron chi connectivity index (χ1n) is 7.44. The summed E-state index contributed by atoms with van der Waals surface area (Å²) < 4.78 is 11.5. The summed E-state index contributed by atoms with van der Waals surface area (Å²) in [7, 11) is 0. The van der Waals surface area contributed by atoms with Crippen LogP contribution in [0.2, 0.25) is 0 Å². The lowest BCUT2D eigenvalue weighted by atomic mass is 10.1. The molecule has 23 heavy (non-hydrogen) atoms. The summed E-state index contributed by atoms with van der Waals surface area (Å²) in [5.74, 6) is -0.513. The lowest BCUT2D eigenvalue weighted by molar-refractivity contribution is 0.0526. The van der Waals surface area contributed by atoms with Gasteiger partial charge in [-0.15, -0.1) is 10.2 Å². The van der Waals surface area contributed by atoms with Gasteiger partial charge in [0, 0.05) is 5.92 Å². The van der Waals surface area contributed by atoms with E-state index in [1.54, 1.807) is 13.8 Å². The van der Waals surface area contributed by atoms with E-state index in [-0.39, 0.29) is 41.7 Å². The largest absolute Gasteiger partial charge is 0.462 e. The van der Waals surface area contributed by atoms with Crippen LogP contribution in [0.1, 0.15) is 60.2 Å². The summed E-state index contributed by atoms with van der Waals surface area (Å²) in [6.45, 7) is 7.62. The number of carbonyl (C=O) groups excluding carboxylic acids is 2. The molecule has 2 rings (SSSR count). The zero-order chi connectivity index (χ0) is 17.1. The highest BCUT2D eigenvalue weighted by Gasteiger charge is 2.25. The molecule has 0 bridgehead atoms. The maximum atomic E-state index is 12.2. The lowest BCUT2D eigenvalue weighted by Crippen LogP contribution is -2.16. The minimum Gasteiger partial charge on any atom is -0.462 e. The first kappa shape index (κ1) is 16.7. The van der Waals surface area contributed by atoms with Gasteiger partial charge in [-0.05, 0) is 19.9 Å². The molecule has 2 N–H and O–H groups in total. The lowest BCUT2D eigenvalue weighted by Gasteiger charge is -2.12. The minimum atomic E-state index is -0.610. The highest BCUT2D eigenvalue weighted by Crippen LogP contribution is 2.25. The summed E-state index contributed by atoms with van der Waals surface area (Å²) in [5, 5.41) is 8.11. The van der Waals surface area contributed by atoms with Gasteiger partial charge in [-0.3, -0.25) is 4.40 Å². The first-order chi connectivity index (χ1) is 10.9. The van der Waals surface area contributed by atoms with Crippen molar-refractivity contribution in [2.75, 3.05) is 18.9 Å². The molecule has 0 amide bonds. The Kier molecular flexibility index (Phi) is 4.83. The van der Waals surface area contributed by atoms with Gasteiger partial charge < -0.3 is 15.2 Å². The molecule has 0 aliphatic heterocycles. The van der Waals surface area contributed by atoms with Crippen molar-refractivity contribution in [2.24, 2.45) is 0 Å². The number of carbonyl (C=O) groups is 2. The van der Waals surface area contributed by atoms with E-state index in [0.29, 0.717) is 5.82 Å². The van der Waals surface area contributed by atoms with Gasteiger partial charge in [0.25, 0.3) is 0 Å². The topological polar surface area (TPSA) is 109 Å². The molecule has 0 atom stereocenters. The number of ether oxygens (including phenoxy) is 2. The van der Waals surface area contributed by atoms with Crippen LogP contribution in [0, 0.1) is 0 Å². The van der Waals surface area contributed by atoms with E-state index in [1.165, 1.54) is 10.5 Å². The Morgan fingerprint density at radius 1 is 1.13 bits per heavy atom. The number of rotatable bonds is 5.